The van der Waals surface area contributed by atoms with Gasteiger partial charge in [-0.05, 0) is 25.1 Å². The molecule has 0 aromatic heterocycles. The first kappa shape index (κ1) is 13.3. The zero-order chi connectivity index (χ0) is 12.0. The summed E-state index contributed by atoms with van der Waals surface area (Å²) in [5, 5.41) is 13.3. The fourth-order valence-corrected chi connectivity index (χ4v) is 2.04. The molecule has 0 heterocycles. The third kappa shape index (κ3) is 3.38. The summed E-state index contributed by atoms with van der Waals surface area (Å²) in [7, 11) is 0. The van der Waals surface area contributed by atoms with Crippen LogP contribution in [0.2, 0.25) is 10.0 Å². The first-order valence-electron chi connectivity index (χ1n) is 5.27. The van der Waals surface area contributed by atoms with Gasteiger partial charge in [0.15, 0.2) is 0 Å². The van der Waals surface area contributed by atoms with Gasteiger partial charge < -0.3 is 0 Å². The maximum absolute atomic E-state index is 9.10. The Labute approximate surface area is 106 Å². The summed E-state index contributed by atoms with van der Waals surface area (Å²) < 4.78 is 0. The van der Waals surface area contributed by atoms with Gasteiger partial charge in [0.05, 0.1) is 6.07 Å². The average molecular weight is 257 g/mol. The molecule has 0 aliphatic carbocycles. The van der Waals surface area contributed by atoms with E-state index < -0.39 is 6.04 Å². The lowest BCUT2D eigenvalue weighted by molar-refractivity contribution is 0.598. The maximum atomic E-state index is 9.10. The van der Waals surface area contributed by atoms with Crippen molar-refractivity contribution in [1.29, 1.82) is 5.26 Å². The molecule has 0 saturated carbocycles. The zero-order valence-electron chi connectivity index (χ0n) is 9.13. The van der Waals surface area contributed by atoms with Crippen molar-refractivity contribution in [3.63, 3.8) is 0 Å². The Bertz CT molecular complexity index is 365. The minimum Gasteiger partial charge on any atom is -0.298 e. The van der Waals surface area contributed by atoms with Crippen molar-refractivity contribution in [1.82, 2.24) is 5.32 Å². The number of rotatable bonds is 5. The van der Waals surface area contributed by atoms with E-state index >= 15 is 0 Å². The second-order valence-electron chi connectivity index (χ2n) is 3.51. The van der Waals surface area contributed by atoms with Crippen LogP contribution in [-0.4, -0.2) is 6.54 Å². The lowest BCUT2D eigenvalue weighted by Crippen LogP contribution is -2.21. The van der Waals surface area contributed by atoms with Crippen LogP contribution in [-0.2, 0) is 0 Å². The van der Waals surface area contributed by atoms with E-state index in [-0.39, 0.29) is 0 Å². The third-order valence-corrected chi connectivity index (χ3v) is 2.96. The summed E-state index contributed by atoms with van der Waals surface area (Å²) in [4.78, 5) is 0. The Morgan fingerprint density at radius 3 is 2.50 bits per heavy atom. The molecular weight excluding hydrogens is 243 g/mol. The number of nitriles is 1. The molecule has 1 N–H and O–H groups in total. The van der Waals surface area contributed by atoms with Crippen molar-refractivity contribution in [3.05, 3.63) is 33.8 Å². The Kier molecular flexibility index (Phi) is 5.62. The molecule has 1 atom stereocenters. The molecule has 1 aromatic carbocycles. The quantitative estimate of drug-likeness (QED) is 0.811. The van der Waals surface area contributed by atoms with Crippen LogP contribution in [0.25, 0.3) is 0 Å². The normalized spacial score (nSPS) is 12.1. The summed E-state index contributed by atoms with van der Waals surface area (Å²) in [5.41, 5.74) is 0.671. The number of hydrogen-bond acceptors (Lipinski definition) is 2. The van der Waals surface area contributed by atoms with Gasteiger partial charge in [0, 0.05) is 15.6 Å². The largest absolute Gasteiger partial charge is 0.298 e. The van der Waals surface area contributed by atoms with E-state index in [9.17, 15) is 0 Å². The van der Waals surface area contributed by atoms with E-state index in [0.717, 1.165) is 19.4 Å². The maximum Gasteiger partial charge on any atom is 0.124 e. The van der Waals surface area contributed by atoms with Gasteiger partial charge in [-0.1, -0.05) is 42.6 Å². The highest BCUT2D eigenvalue weighted by atomic mass is 35.5. The smallest absolute Gasteiger partial charge is 0.124 e. The number of unbranched alkanes of at least 4 members (excludes halogenated alkanes) is 1. The molecule has 0 amide bonds. The zero-order valence-corrected chi connectivity index (χ0v) is 10.6. The lowest BCUT2D eigenvalue weighted by Gasteiger charge is -2.14. The molecule has 0 radical (unpaired) electrons. The van der Waals surface area contributed by atoms with Crippen molar-refractivity contribution >= 4 is 23.2 Å². The summed E-state index contributed by atoms with van der Waals surface area (Å²) in [6.45, 7) is 2.89. The second-order valence-corrected chi connectivity index (χ2v) is 4.32. The number of nitrogens with zero attached hydrogens (tertiary/aromatic N) is 1. The first-order chi connectivity index (χ1) is 7.70. The van der Waals surface area contributed by atoms with Crippen LogP contribution >= 0.6 is 23.2 Å². The van der Waals surface area contributed by atoms with Gasteiger partial charge in [-0.15, -0.1) is 0 Å². The van der Waals surface area contributed by atoms with Crippen molar-refractivity contribution in [2.75, 3.05) is 6.54 Å². The molecule has 1 aromatic rings. The fraction of sp³-hybridized carbons (Fsp3) is 0.417. The van der Waals surface area contributed by atoms with E-state index in [0.29, 0.717) is 15.6 Å². The van der Waals surface area contributed by atoms with Crippen molar-refractivity contribution in [2.45, 2.75) is 25.8 Å². The lowest BCUT2D eigenvalue weighted by atomic mass is 10.1. The molecule has 4 heteroatoms. The van der Waals surface area contributed by atoms with Crippen molar-refractivity contribution in [3.8, 4) is 6.07 Å². The van der Waals surface area contributed by atoms with E-state index in [1.807, 2.05) is 0 Å². The summed E-state index contributed by atoms with van der Waals surface area (Å²) in [6, 6.07) is 7.00. The molecule has 1 rings (SSSR count). The molecule has 0 saturated heterocycles. The van der Waals surface area contributed by atoms with E-state index in [1.165, 1.54) is 0 Å². The highest BCUT2D eigenvalue weighted by molar-refractivity contribution is 6.36. The second kappa shape index (κ2) is 6.75. The Morgan fingerprint density at radius 1 is 1.38 bits per heavy atom. The van der Waals surface area contributed by atoms with E-state index in [2.05, 4.69) is 18.3 Å². The van der Waals surface area contributed by atoms with Crippen LogP contribution in [0.5, 0.6) is 0 Å². The van der Waals surface area contributed by atoms with E-state index in [1.54, 1.807) is 18.2 Å². The van der Waals surface area contributed by atoms with Gasteiger partial charge in [0.25, 0.3) is 0 Å². The molecule has 0 spiro atoms. The van der Waals surface area contributed by atoms with Crippen LogP contribution in [0.4, 0.5) is 0 Å². The molecule has 1 unspecified atom stereocenters. The standard InChI is InChI=1S/C12H14Cl2N2/c1-2-3-7-16-11(8-15)12-9(13)5-4-6-10(12)14/h4-6,11,16H,2-3,7H2,1H3. The Balaban J connectivity index is 2.83. The number of nitrogens with one attached hydrogen (secondary N) is 1. The Morgan fingerprint density at radius 2 is 2.00 bits per heavy atom. The molecule has 2 nitrogen and oxygen atoms in total. The SMILES string of the molecule is CCCCNC(C#N)c1c(Cl)cccc1Cl. The predicted octanol–water partition coefficient (Wildman–Crippen LogP) is 3.95. The highest BCUT2D eigenvalue weighted by Crippen LogP contribution is 2.29. The van der Waals surface area contributed by atoms with Gasteiger partial charge in [0.1, 0.15) is 6.04 Å². The minimum absolute atomic E-state index is 0.437. The molecule has 0 bridgehead atoms. The van der Waals surface area contributed by atoms with Gasteiger partial charge in [0.2, 0.25) is 0 Å². The number of halogens is 2. The molecular formula is C12H14Cl2N2. The molecule has 86 valence electrons. The molecule has 0 aliphatic rings. The van der Waals surface area contributed by atoms with Crippen LogP contribution < -0.4 is 5.32 Å². The van der Waals surface area contributed by atoms with E-state index in [4.69, 9.17) is 28.5 Å². The van der Waals surface area contributed by atoms with Crippen LogP contribution in [0.3, 0.4) is 0 Å². The number of benzene rings is 1. The average Bonchev–Trinajstić information content (AvgIpc) is 2.26. The first-order valence-corrected chi connectivity index (χ1v) is 6.03. The number of hydrogen-bond donors (Lipinski definition) is 1. The van der Waals surface area contributed by atoms with Gasteiger partial charge in [-0.2, -0.15) is 5.26 Å². The van der Waals surface area contributed by atoms with Gasteiger partial charge >= 0.3 is 0 Å². The summed E-state index contributed by atoms with van der Waals surface area (Å²) in [6.07, 6.45) is 2.11. The Hall–Kier alpha value is -0.750. The van der Waals surface area contributed by atoms with Gasteiger partial charge in [-0.3, -0.25) is 5.32 Å². The highest BCUT2D eigenvalue weighted by Gasteiger charge is 2.16. The third-order valence-electron chi connectivity index (χ3n) is 2.30. The molecule has 0 aliphatic heterocycles. The summed E-state index contributed by atoms with van der Waals surface area (Å²) >= 11 is 12.1. The fourth-order valence-electron chi connectivity index (χ4n) is 1.42. The van der Waals surface area contributed by atoms with Gasteiger partial charge in [-0.25, -0.2) is 0 Å². The molecule has 16 heavy (non-hydrogen) atoms. The van der Waals surface area contributed by atoms with Crippen molar-refractivity contribution in [2.24, 2.45) is 0 Å². The van der Waals surface area contributed by atoms with Crippen LogP contribution in [0.15, 0.2) is 18.2 Å². The predicted molar refractivity (Wildman–Crippen MR) is 67.7 cm³/mol. The van der Waals surface area contributed by atoms with Crippen LogP contribution in [0, 0.1) is 11.3 Å². The molecule has 0 fully saturated rings. The monoisotopic (exact) mass is 256 g/mol. The topological polar surface area (TPSA) is 35.8 Å². The van der Waals surface area contributed by atoms with Crippen LogP contribution in [0.1, 0.15) is 31.4 Å². The summed E-state index contributed by atoms with van der Waals surface area (Å²) in [5.74, 6) is 0. The van der Waals surface area contributed by atoms with Crippen molar-refractivity contribution < 1.29 is 0 Å². The minimum atomic E-state index is -0.437.